The van der Waals surface area contributed by atoms with Crippen LogP contribution in [0.25, 0.3) is 0 Å². The first-order chi connectivity index (χ1) is 13.2. The fourth-order valence-electron chi connectivity index (χ4n) is 3.75. The molecular weight excluding hydrogens is 358 g/mol. The summed E-state index contributed by atoms with van der Waals surface area (Å²) in [7, 11) is 4.99. The zero-order valence-corrected chi connectivity index (χ0v) is 17.1. The van der Waals surface area contributed by atoms with E-state index in [9.17, 15) is 0 Å². The lowest BCUT2D eigenvalue weighted by atomic mass is 10.1. The molecular formula is C22H27NO3S. The second-order valence-electron chi connectivity index (χ2n) is 7.21. The molecule has 0 bridgehead atoms. The monoisotopic (exact) mass is 385 g/mol. The maximum absolute atomic E-state index is 5.57. The average Bonchev–Trinajstić information content (AvgIpc) is 3.54. The third-order valence-corrected chi connectivity index (χ3v) is 6.76. The van der Waals surface area contributed by atoms with Gasteiger partial charge in [-0.25, -0.2) is 0 Å². The standard InChI is InChI=1S/C22H27NO3S/c1-24-18-12-16(13-19(25-2)22(18)26-3)20-10-11-23(14-15-8-9-15)17-6-4-5-7-21(17)27-20/h4-7,12-13,15,20H,8-11,14H2,1-3H3/t20-/m1/s1. The van der Waals surface area contributed by atoms with E-state index in [4.69, 9.17) is 14.2 Å². The van der Waals surface area contributed by atoms with Crippen molar-refractivity contribution in [3.63, 3.8) is 0 Å². The third-order valence-electron chi connectivity index (χ3n) is 5.37. The molecule has 2 aromatic rings. The highest BCUT2D eigenvalue weighted by molar-refractivity contribution is 7.99. The van der Waals surface area contributed by atoms with Gasteiger partial charge in [0.05, 0.1) is 27.0 Å². The van der Waals surface area contributed by atoms with Crippen LogP contribution in [0.1, 0.15) is 30.1 Å². The van der Waals surface area contributed by atoms with Crippen LogP contribution < -0.4 is 19.1 Å². The van der Waals surface area contributed by atoms with E-state index in [1.807, 2.05) is 11.8 Å². The zero-order chi connectivity index (χ0) is 18.8. The average molecular weight is 386 g/mol. The molecule has 4 rings (SSSR count). The van der Waals surface area contributed by atoms with E-state index in [0.717, 1.165) is 30.4 Å². The maximum Gasteiger partial charge on any atom is 0.203 e. The van der Waals surface area contributed by atoms with Gasteiger partial charge in [0, 0.05) is 23.2 Å². The van der Waals surface area contributed by atoms with Crippen LogP contribution in [-0.4, -0.2) is 34.4 Å². The van der Waals surface area contributed by atoms with Crippen LogP contribution in [0.2, 0.25) is 0 Å². The molecule has 1 fully saturated rings. The molecule has 1 aliphatic heterocycles. The number of nitrogens with zero attached hydrogens (tertiary/aromatic N) is 1. The Morgan fingerprint density at radius 3 is 2.30 bits per heavy atom. The van der Waals surface area contributed by atoms with Crippen molar-refractivity contribution in [2.75, 3.05) is 39.3 Å². The highest BCUT2D eigenvalue weighted by Gasteiger charge is 2.29. The predicted octanol–water partition coefficient (Wildman–Crippen LogP) is 5.17. The summed E-state index contributed by atoms with van der Waals surface area (Å²) in [4.78, 5) is 3.94. The van der Waals surface area contributed by atoms with Crippen LogP contribution in [0, 0.1) is 5.92 Å². The van der Waals surface area contributed by atoms with Gasteiger partial charge < -0.3 is 19.1 Å². The summed E-state index contributed by atoms with van der Waals surface area (Å²) in [6.07, 6.45) is 3.84. The Kier molecular flexibility index (Phi) is 5.39. The normalized spacial score (nSPS) is 19.2. The topological polar surface area (TPSA) is 30.9 Å². The van der Waals surface area contributed by atoms with Crippen molar-refractivity contribution in [1.29, 1.82) is 0 Å². The zero-order valence-electron chi connectivity index (χ0n) is 16.2. The molecule has 0 unspecified atom stereocenters. The molecule has 5 heteroatoms. The number of thioether (sulfide) groups is 1. The van der Waals surface area contributed by atoms with Gasteiger partial charge in [0.25, 0.3) is 0 Å². The summed E-state index contributed by atoms with van der Waals surface area (Å²) in [6, 6.07) is 13.0. The lowest BCUT2D eigenvalue weighted by molar-refractivity contribution is 0.323. The minimum Gasteiger partial charge on any atom is -0.493 e. The molecule has 1 saturated carbocycles. The largest absolute Gasteiger partial charge is 0.493 e. The quantitative estimate of drug-likeness (QED) is 0.685. The van der Waals surface area contributed by atoms with Crippen molar-refractivity contribution in [1.82, 2.24) is 0 Å². The van der Waals surface area contributed by atoms with E-state index in [1.165, 1.54) is 35.5 Å². The van der Waals surface area contributed by atoms with Gasteiger partial charge in [0.1, 0.15) is 0 Å². The van der Waals surface area contributed by atoms with Gasteiger partial charge in [0.15, 0.2) is 11.5 Å². The number of ether oxygens (including phenoxy) is 3. The highest BCUT2D eigenvalue weighted by atomic mass is 32.2. The van der Waals surface area contributed by atoms with Crippen molar-refractivity contribution in [2.24, 2.45) is 5.92 Å². The maximum atomic E-state index is 5.57. The molecule has 0 spiro atoms. The minimum atomic E-state index is 0.351. The molecule has 0 saturated heterocycles. The van der Waals surface area contributed by atoms with Crippen molar-refractivity contribution < 1.29 is 14.2 Å². The smallest absolute Gasteiger partial charge is 0.203 e. The van der Waals surface area contributed by atoms with Crippen molar-refractivity contribution >= 4 is 17.4 Å². The molecule has 1 heterocycles. The van der Waals surface area contributed by atoms with E-state index in [0.29, 0.717) is 11.0 Å². The second-order valence-corrected chi connectivity index (χ2v) is 8.46. The van der Waals surface area contributed by atoms with Gasteiger partial charge in [-0.1, -0.05) is 12.1 Å². The Bertz CT molecular complexity index is 781. The molecule has 0 amide bonds. The van der Waals surface area contributed by atoms with Crippen LogP contribution in [0.4, 0.5) is 5.69 Å². The number of hydrogen-bond acceptors (Lipinski definition) is 5. The molecule has 1 aliphatic carbocycles. The third kappa shape index (κ3) is 3.84. The molecule has 0 radical (unpaired) electrons. The molecule has 4 nitrogen and oxygen atoms in total. The van der Waals surface area contributed by atoms with Crippen molar-refractivity contribution in [2.45, 2.75) is 29.4 Å². The molecule has 0 N–H and O–H groups in total. The Hall–Kier alpha value is -2.01. The van der Waals surface area contributed by atoms with Crippen LogP contribution >= 0.6 is 11.8 Å². The van der Waals surface area contributed by atoms with E-state index in [-0.39, 0.29) is 0 Å². The highest BCUT2D eigenvalue weighted by Crippen LogP contribution is 2.49. The Balaban J connectivity index is 1.67. The van der Waals surface area contributed by atoms with Gasteiger partial charge in [-0.2, -0.15) is 0 Å². The first kappa shape index (κ1) is 18.4. The van der Waals surface area contributed by atoms with Crippen LogP contribution in [0.3, 0.4) is 0 Å². The van der Waals surface area contributed by atoms with Gasteiger partial charge in [-0.15, -0.1) is 11.8 Å². The Morgan fingerprint density at radius 1 is 0.963 bits per heavy atom. The molecule has 27 heavy (non-hydrogen) atoms. The van der Waals surface area contributed by atoms with Crippen LogP contribution in [0.15, 0.2) is 41.3 Å². The van der Waals surface area contributed by atoms with E-state index in [1.54, 1.807) is 21.3 Å². The fraction of sp³-hybridized carbons (Fsp3) is 0.455. The summed E-state index contributed by atoms with van der Waals surface area (Å²) in [5.74, 6) is 2.97. The SMILES string of the molecule is COc1cc([C@H]2CCN(CC3CC3)c3ccccc3S2)cc(OC)c1OC. The van der Waals surface area contributed by atoms with Crippen molar-refractivity contribution in [3.8, 4) is 17.2 Å². The fourth-order valence-corrected chi connectivity index (χ4v) is 5.02. The number of para-hydroxylation sites is 1. The van der Waals surface area contributed by atoms with E-state index >= 15 is 0 Å². The molecule has 1 atom stereocenters. The van der Waals surface area contributed by atoms with Gasteiger partial charge in [-0.3, -0.25) is 0 Å². The summed E-state index contributed by atoms with van der Waals surface area (Å²) >= 11 is 1.94. The van der Waals surface area contributed by atoms with Gasteiger partial charge >= 0.3 is 0 Å². The Labute approximate surface area is 165 Å². The van der Waals surface area contributed by atoms with Gasteiger partial charge in [-0.05, 0) is 55.0 Å². The predicted molar refractivity (Wildman–Crippen MR) is 111 cm³/mol. The molecule has 0 aromatic heterocycles. The minimum absolute atomic E-state index is 0.351. The van der Waals surface area contributed by atoms with Gasteiger partial charge in [0.2, 0.25) is 5.75 Å². The first-order valence-corrected chi connectivity index (χ1v) is 10.4. The van der Waals surface area contributed by atoms with E-state index < -0.39 is 0 Å². The summed E-state index contributed by atoms with van der Waals surface area (Å²) < 4.78 is 16.6. The summed E-state index contributed by atoms with van der Waals surface area (Å²) in [5.41, 5.74) is 2.60. The Morgan fingerprint density at radius 2 is 1.67 bits per heavy atom. The number of fused-ring (bicyclic) bond motifs is 1. The molecule has 2 aliphatic rings. The molecule has 144 valence electrons. The van der Waals surface area contributed by atoms with Crippen LogP contribution in [0.5, 0.6) is 17.2 Å². The van der Waals surface area contributed by atoms with Crippen molar-refractivity contribution in [3.05, 3.63) is 42.0 Å². The summed E-state index contributed by atoms with van der Waals surface area (Å²) in [5, 5.41) is 0.351. The number of hydrogen-bond donors (Lipinski definition) is 0. The van der Waals surface area contributed by atoms with Crippen LogP contribution in [-0.2, 0) is 0 Å². The lowest BCUT2D eigenvalue weighted by Gasteiger charge is -2.24. The first-order valence-electron chi connectivity index (χ1n) is 9.54. The molecule has 2 aromatic carbocycles. The summed E-state index contributed by atoms with van der Waals surface area (Å²) in [6.45, 7) is 2.25. The number of methoxy groups -OCH3 is 3. The number of anilines is 1. The number of rotatable bonds is 6. The van der Waals surface area contributed by atoms with E-state index in [2.05, 4.69) is 41.3 Å². The lowest BCUT2D eigenvalue weighted by Crippen LogP contribution is -2.26. The second kappa shape index (κ2) is 7.93. The number of benzene rings is 2.